The Bertz CT molecular complexity index is 585. The third-order valence-corrected chi connectivity index (χ3v) is 2.71. The molecule has 4 nitrogen and oxygen atoms in total. The van der Waals surface area contributed by atoms with Gasteiger partial charge < -0.3 is 10.5 Å². The maximum Gasteiger partial charge on any atom is 0.219 e. The molecule has 2 N–H and O–H groups in total. The first-order valence-corrected chi connectivity index (χ1v) is 6.04. The summed E-state index contributed by atoms with van der Waals surface area (Å²) in [5.41, 5.74) is 7.76. The van der Waals surface area contributed by atoms with Gasteiger partial charge in [0, 0.05) is 18.3 Å². The zero-order valence-electron chi connectivity index (χ0n) is 10.7. The van der Waals surface area contributed by atoms with Gasteiger partial charge in [-0.05, 0) is 36.2 Å². The first-order valence-electron chi connectivity index (χ1n) is 6.04. The number of benzene rings is 1. The fourth-order valence-electron chi connectivity index (χ4n) is 1.65. The maximum atomic E-state index is 8.60. The van der Waals surface area contributed by atoms with Gasteiger partial charge in [0.05, 0.1) is 12.5 Å². The van der Waals surface area contributed by atoms with Crippen LogP contribution in [0.3, 0.4) is 0 Å². The lowest BCUT2D eigenvalue weighted by molar-refractivity contribution is 0.461. The summed E-state index contributed by atoms with van der Waals surface area (Å²) in [7, 11) is 0. The fraction of sp³-hybridized carbons (Fsp3) is 0.200. The first-order chi connectivity index (χ1) is 9.19. The largest absolute Gasteiger partial charge is 0.439 e. The minimum atomic E-state index is -0.0524. The van der Waals surface area contributed by atoms with Crippen molar-refractivity contribution in [1.82, 2.24) is 4.98 Å². The van der Waals surface area contributed by atoms with E-state index in [9.17, 15) is 0 Å². The zero-order chi connectivity index (χ0) is 13.7. The van der Waals surface area contributed by atoms with Crippen LogP contribution in [0.25, 0.3) is 0 Å². The molecular weight excluding hydrogens is 238 g/mol. The molecule has 19 heavy (non-hydrogen) atoms. The van der Waals surface area contributed by atoms with E-state index in [0.29, 0.717) is 18.1 Å². The second-order valence-electron chi connectivity index (χ2n) is 4.30. The van der Waals surface area contributed by atoms with Crippen LogP contribution >= 0.6 is 0 Å². The third-order valence-electron chi connectivity index (χ3n) is 2.71. The van der Waals surface area contributed by atoms with Gasteiger partial charge in [-0.3, -0.25) is 0 Å². The number of ether oxygens (including phenoxy) is 1. The lowest BCUT2D eigenvalue weighted by Gasteiger charge is -2.08. The molecule has 0 aliphatic rings. The molecule has 0 spiro atoms. The van der Waals surface area contributed by atoms with Gasteiger partial charge in [0.1, 0.15) is 5.75 Å². The van der Waals surface area contributed by atoms with Crippen molar-refractivity contribution in [3.8, 4) is 17.7 Å². The van der Waals surface area contributed by atoms with Crippen molar-refractivity contribution in [2.75, 3.05) is 0 Å². The van der Waals surface area contributed by atoms with Gasteiger partial charge in [0.15, 0.2) is 0 Å². The second-order valence-corrected chi connectivity index (χ2v) is 4.30. The Morgan fingerprint density at radius 3 is 2.68 bits per heavy atom. The molecule has 0 aliphatic carbocycles. The van der Waals surface area contributed by atoms with Crippen LogP contribution < -0.4 is 10.5 Å². The Morgan fingerprint density at radius 1 is 1.32 bits per heavy atom. The normalized spacial score (nSPS) is 11.6. The number of nitriles is 1. The molecule has 0 fully saturated rings. The first kappa shape index (κ1) is 13.1. The highest BCUT2D eigenvalue weighted by Gasteiger charge is 2.03. The van der Waals surface area contributed by atoms with E-state index in [1.165, 1.54) is 0 Å². The lowest BCUT2D eigenvalue weighted by Crippen LogP contribution is -2.05. The van der Waals surface area contributed by atoms with Crippen molar-refractivity contribution in [1.29, 1.82) is 5.26 Å². The summed E-state index contributed by atoms with van der Waals surface area (Å²) >= 11 is 0. The SMILES string of the molecule is C[C@H](N)c1ccnc(Oc2ccc(CC#N)cc2)c1. The van der Waals surface area contributed by atoms with Crippen molar-refractivity contribution in [2.24, 2.45) is 5.73 Å². The smallest absolute Gasteiger partial charge is 0.219 e. The summed E-state index contributed by atoms with van der Waals surface area (Å²) in [5, 5.41) is 8.60. The Kier molecular flexibility index (Phi) is 4.11. The Hall–Kier alpha value is -2.38. The molecular formula is C15H15N3O. The fourth-order valence-corrected chi connectivity index (χ4v) is 1.65. The van der Waals surface area contributed by atoms with Crippen molar-refractivity contribution in [3.05, 3.63) is 53.7 Å². The molecule has 96 valence electrons. The van der Waals surface area contributed by atoms with Crippen LogP contribution in [-0.4, -0.2) is 4.98 Å². The van der Waals surface area contributed by atoms with E-state index < -0.39 is 0 Å². The van der Waals surface area contributed by atoms with Crippen molar-refractivity contribution in [2.45, 2.75) is 19.4 Å². The van der Waals surface area contributed by atoms with Crippen molar-refractivity contribution in [3.63, 3.8) is 0 Å². The number of rotatable bonds is 4. The summed E-state index contributed by atoms with van der Waals surface area (Å²) in [6.07, 6.45) is 2.08. The maximum absolute atomic E-state index is 8.60. The Balaban J connectivity index is 2.12. The summed E-state index contributed by atoms with van der Waals surface area (Å²) in [5.74, 6) is 1.21. The summed E-state index contributed by atoms with van der Waals surface area (Å²) < 4.78 is 5.65. The number of nitrogens with two attached hydrogens (primary N) is 1. The van der Waals surface area contributed by atoms with E-state index in [1.54, 1.807) is 6.20 Å². The zero-order valence-corrected chi connectivity index (χ0v) is 10.7. The number of hydrogen-bond acceptors (Lipinski definition) is 4. The van der Waals surface area contributed by atoms with Crippen LogP contribution in [0, 0.1) is 11.3 Å². The summed E-state index contributed by atoms with van der Waals surface area (Å²) in [4.78, 5) is 4.15. The number of aromatic nitrogens is 1. The molecule has 1 aromatic carbocycles. The van der Waals surface area contributed by atoms with Crippen LogP contribution in [-0.2, 0) is 6.42 Å². The van der Waals surface area contributed by atoms with E-state index in [0.717, 1.165) is 11.1 Å². The minimum Gasteiger partial charge on any atom is -0.439 e. The van der Waals surface area contributed by atoms with Crippen LogP contribution in [0.5, 0.6) is 11.6 Å². The monoisotopic (exact) mass is 253 g/mol. The predicted octanol–water partition coefficient (Wildman–Crippen LogP) is 2.96. The minimum absolute atomic E-state index is 0.0524. The molecule has 0 saturated carbocycles. The highest BCUT2D eigenvalue weighted by atomic mass is 16.5. The predicted molar refractivity (Wildman–Crippen MR) is 72.7 cm³/mol. The summed E-state index contributed by atoms with van der Waals surface area (Å²) in [6, 6.07) is 13.1. The molecule has 2 rings (SSSR count). The lowest BCUT2D eigenvalue weighted by atomic mass is 10.1. The second kappa shape index (κ2) is 5.98. The van der Waals surface area contributed by atoms with Crippen LogP contribution in [0.1, 0.15) is 24.1 Å². The topological polar surface area (TPSA) is 71.9 Å². The molecule has 0 amide bonds. The molecule has 2 aromatic rings. The highest BCUT2D eigenvalue weighted by molar-refractivity contribution is 5.32. The molecule has 0 saturated heterocycles. The van der Waals surface area contributed by atoms with E-state index in [2.05, 4.69) is 11.1 Å². The number of nitrogens with zero attached hydrogens (tertiary/aromatic N) is 2. The third kappa shape index (κ3) is 3.54. The van der Waals surface area contributed by atoms with Gasteiger partial charge in [0.25, 0.3) is 0 Å². The number of pyridine rings is 1. The van der Waals surface area contributed by atoms with E-state index >= 15 is 0 Å². The van der Waals surface area contributed by atoms with E-state index in [1.807, 2.05) is 43.3 Å². The molecule has 1 heterocycles. The highest BCUT2D eigenvalue weighted by Crippen LogP contribution is 2.22. The van der Waals surface area contributed by atoms with Crippen molar-refractivity contribution >= 4 is 0 Å². The van der Waals surface area contributed by atoms with Gasteiger partial charge in [-0.2, -0.15) is 5.26 Å². The summed E-state index contributed by atoms with van der Waals surface area (Å²) in [6.45, 7) is 1.91. The molecule has 0 aliphatic heterocycles. The molecule has 0 bridgehead atoms. The van der Waals surface area contributed by atoms with E-state index in [-0.39, 0.29) is 6.04 Å². The van der Waals surface area contributed by atoms with Crippen LogP contribution in [0.4, 0.5) is 0 Å². The number of hydrogen-bond donors (Lipinski definition) is 1. The van der Waals surface area contributed by atoms with Gasteiger partial charge in [0.2, 0.25) is 5.88 Å². The molecule has 4 heteroatoms. The van der Waals surface area contributed by atoms with Crippen LogP contribution in [0.2, 0.25) is 0 Å². The van der Waals surface area contributed by atoms with Gasteiger partial charge in [-0.15, -0.1) is 0 Å². The molecule has 0 unspecified atom stereocenters. The quantitative estimate of drug-likeness (QED) is 0.909. The van der Waals surface area contributed by atoms with Gasteiger partial charge in [-0.25, -0.2) is 4.98 Å². The van der Waals surface area contributed by atoms with Gasteiger partial charge >= 0.3 is 0 Å². The molecule has 1 aromatic heterocycles. The Morgan fingerprint density at radius 2 is 2.05 bits per heavy atom. The van der Waals surface area contributed by atoms with Gasteiger partial charge in [-0.1, -0.05) is 12.1 Å². The van der Waals surface area contributed by atoms with Crippen molar-refractivity contribution < 1.29 is 4.74 Å². The standard InChI is InChI=1S/C15H15N3O/c1-11(17)13-7-9-18-15(10-13)19-14-4-2-12(3-5-14)6-8-16/h2-5,7,9-11H,6,17H2,1H3/t11-/m0/s1. The average molecular weight is 253 g/mol. The van der Waals surface area contributed by atoms with Crippen LogP contribution in [0.15, 0.2) is 42.6 Å². The Labute approximate surface area is 112 Å². The molecule has 0 radical (unpaired) electrons. The molecule has 1 atom stereocenters. The average Bonchev–Trinajstić information content (AvgIpc) is 2.42. The van der Waals surface area contributed by atoms with E-state index in [4.69, 9.17) is 15.7 Å².